The van der Waals surface area contributed by atoms with E-state index in [1.807, 2.05) is 18.3 Å². The molecule has 3 aromatic carbocycles. The molecule has 3 heteroatoms. The van der Waals surface area contributed by atoms with Crippen LogP contribution in [0.15, 0.2) is 109 Å². The van der Waals surface area contributed by atoms with Crippen LogP contribution >= 0.6 is 7.92 Å². The van der Waals surface area contributed by atoms with Crippen LogP contribution in [0.25, 0.3) is 0 Å². The average Bonchev–Trinajstić information content (AvgIpc) is 3.25. The van der Waals surface area contributed by atoms with Gasteiger partial charge in [-0.3, -0.25) is 0 Å². The number of H-pyrrole nitrogens is 1. The van der Waals surface area contributed by atoms with Gasteiger partial charge in [0.05, 0.1) is 0 Å². The van der Waals surface area contributed by atoms with Gasteiger partial charge in [-0.05, 0) is 23.8 Å². The summed E-state index contributed by atoms with van der Waals surface area (Å²) in [6.07, 6.45) is 4.56. The zero-order valence-electron chi connectivity index (χ0n) is 13.7. The third-order valence-electron chi connectivity index (χ3n) is 3.49. The maximum absolute atomic E-state index is 2.74. The van der Waals surface area contributed by atoms with Crippen molar-refractivity contribution < 1.29 is 19.5 Å². The summed E-state index contributed by atoms with van der Waals surface area (Å²) in [5.41, 5.74) is 0. The molecule has 0 aliphatic carbocycles. The van der Waals surface area contributed by atoms with Gasteiger partial charge in [-0.15, -0.1) is 6.20 Å². The van der Waals surface area contributed by atoms with E-state index in [0.29, 0.717) is 0 Å². The summed E-state index contributed by atoms with van der Waals surface area (Å²) in [5, 5.41) is 4.19. The standard InChI is InChI=1S/C18H15P.C4H4N.Ru/c1-4-10-16(11-5-1)19(17-12-6-2-7-13-17)18-14-8-3-9-15-18;1-2-4-5-3-1;/h1-15H;1-3,5H;/q;-1;+1. The van der Waals surface area contributed by atoms with Gasteiger partial charge in [0.1, 0.15) is 0 Å². The Morgan fingerprint density at radius 1 is 0.560 bits per heavy atom. The van der Waals surface area contributed by atoms with E-state index >= 15 is 0 Å². The summed E-state index contributed by atoms with van der Waals surface area (Å²) in [6, 6.07) is 36.0. The van der Waals surface area contributed by atoms with E-state index in [9.17, 15) is 0 Å². The van der Waals surface area contributed by atoms with E-state index in [0.717, 1.165) is 0 Å². The van der Waals surface area contributed by atoms with Gasteiger partial charge in [0.15, 0.2) is 0 Å². The van der Waals surface area contributed by atoms with Crippen molar-refractivity contribution in [2.45, 2.75) is 0 Å². The normalized spacial score (nSPS) is 9.64. The molecule has 25 heavy (non-hydrogen) atoms. The third kappa shape index (κ3) is 5.78. The summed E-state index contributed by atoms with van der Waals surface area (Å²) >= 11 is 0. The van der Waals surface area contributed by atoms with Gasteiger partial charge in [0, 0.05) is 0 Å². The maximum Gasteiger partial charge on any atom is 1.00 e. The molecule has 4 aromatic rings. The molecule has 0 fully saturated rings. The number of aromatic nitrogens is 1. The summed E-state index contributed by atoms with van der Waals surface area (Å²) < 4.78 is 0. The second-order valence-corrected chi connectivity index (χ2v) is 7.38. The zero-order valence-corrected chi connectivity index (χ0v) is 16.3. The molecule has 1 radical (unpaired) electrons. The van der Waals surface area contributed by atoms with E-state index < -0.39 is 7.92 Å². The van der Waals surface area contributed by atoms with E-state index in [1.165, 1.54) is 15.9 Å². The minimum Gasteiger partial charge on any atom is -0.484 e. The predicted octanol–water partition coefficient (Wildman–Crippen LogP) is 4.26. The van der Waals surface area contributed by atoms with Crippen molar-refractivity contribution >= 4 is 23.8 Å². The molecule has 0 aliphatic heterocycles. The molecule has 1 nitrogen and oxygen atoms in total. The van der Waals surface area contributed by atoms with Gasteiger partial charge in [-0.2, -0.15) is 18.3 Å². The Morgan fingerprint density at radius 3 is 1.20 bits per heavy atom. The molecule has 0 saturated heterocycles. The molecule has 1 heterocycles. The van der Waals surface area contributed by atoms with Crippen LogP contribution in [0.5, 0.6) is 0 Å². The van der Waals surface area contributed by atoms with E-state index in [1.54, 1.807) is 0 Å². The summed E-state index contributed by atoms with van der Waals surface area (Å²) in [5.74, 6) is 0. The molecule has 0 atom stereocenters. The van der Waals surface area contributed by atoms with Crippen LogP contribution in [0, 0.1) is 6.20 Å². The van der Waals surface area contributed by atoms with Gasteiger partial charge in [-0.25, -0.2) is 0 Å². The Morgan fingerprint density at radius 2 is 0.960 bits per heavy atom. The van der Waals surface area contributed by atoms with Crippen LogP contribution in [0.4, 0.5) is 0 Å². The van der Waals surface area contributed by atoms with Gasteiger partial charge < -0.3 is 4.98 Å². The van der Waals surface area contributed by atoms with E-state index in [-0.39, 0.29) is 19.5 Å². The molecule has 125 valence electrons. The average molecular weight is 429 g/mol. The van der Waals surface area contributed by atoms with Gasteiger partial charge in [0.2, 0.25) is 0 Å². The van der Waals surface area contributed by atoms with Crippen LogP contribution in [-0.4, -0.2) is 4.98 Å². The van der Waals surface area contributed by atoms with E-state index in [4.69, 9.17) is 0 Å². The van der Waals surface area contributed by atoms with Crippen molar-refractivity contribution in [1.29, 1.82) is 0 Å². The Kier molecular flexibility index (Phi) is 8.33. The monoisotopic (exact) mass is 430 g/mol. The van der Waals surface area contributed by atoms with Gasteiger partial charge in [-0.1, -0.05) is 91.0 Å². The number of rotatable bonds is 3. The van der Waals surface area contributed by atoms with Crippen molar-refractivity contribution in [1.82, 2.24) is 4.98 Å². The first kappa shape index (κ1) is 19.3. The molecule has 0 saturated carbocycles. The number of hydrogen-bond donors (Lipinski definition) is 1. The number of hydrogen-bond acceptors (Lipinski definition) is 0. The quantitative estimate of drug-likeness (QED) is 0.285. The van der Waals surface area contributed by atoms with Gasteiger partial charge in [0.25, 0.3) is 0 Å². The fraction of sp³-hybridized carbons (Fsp3) is 0. The Bertz CT molecular complexity index is 691. The molecule has 0 unspecified atom stereocenters. The zero-order chi connectivity index (χ0) is 16.5. The second-order valence-electron chi connectivity index (χ2n) is 5.16. The summed E-state index contributed by atoms with van der Waals surface area (Å²) in [4.78, 5) is 2.74. The second kappa shape index (κ2) is 10.8. The number of benzene rings is 3. The van der Waals surface area contributed by atoms with Crippen molar-refractivity contribution in [2.24, 2.45) is 0 Å². The molecule has 0 spiro atoms. The smallest absolute Gasteiger partial charge is 0.484 e. The Hall–Kier alpha value is -2.01. The third-order valence-corrected chi connectivity index (χ3v) is 5.93. The predicted molar refractivity (Wildman–Crippen MR) is 105 cm³/mol. The Balaban J connectivity index is 0.000000325. The first-order valence-electron chi connectivity index (χ1n) is 7.90. The number of nitrogens with one attached hydrogen (secondary N) is 1. The van der Waals surface area contributed by atoms with Crippen molar-refractivity contribution in [3.05, 3.63) is 116 Å². The summed E-state index contributed by atoms with van der Waals surface area (Å²) in [7, 11) is -0.446. The van der Waals surface area contributed by atoms with Crippen LogP contribution in [0.3, 0.4) is 0 Å². The molecule has 1 N–H and O–H groups in total. The summed E-state index contributed by atoms with van der Waals surface area (Å²) in [6.45, 7) is 0. The Labute approximate surface area is 163 Å². The molecule has 0 bridgehead atoms. The number of aromatic amines is 1. The largest absolute Gasteiger partial charge is 1.00 e. The molecule has 0 aliphatic rings. The van der Waals surface area contributed by atoms with Crippen LogP contribution in [-0.2, 0) is 19.5 Å². The van der Waals surface area contributed by atoms with Crippen LogP contribution in [0.2, 0.25) is 0 Å². The van der Waals surface area contributed by atoms with Crippen LogP contribution < -0.4 is 15.9 Å². The fourth-order valence-corrected chi connectivity index (χ4v) is 4.72. The molecule has 4 rings (SSSR count). The van der Waals surface area contributed by atoms with Crippen LogP contribution in [0.1, 0.15) is 0 Å². The van der Waals surface area contributed by atoms with Crippen molar-refractivity contribution in [3.63, 3.8) is 0 Å². The first-order valence-corrected chi connectivity index (χ1v) is 9.24. The van der Waals surface area contributed by atoms with Gasteiger partial charge >= 0.3 is 19.5 Å². The minimum absolute atomic E-state index is 0. The molecule has 1 aromatic heterocycles. The van der Waals surface area contributed by atoms with Crippen molar-refractivity contribution in [3.8, 4) is 0 Å². The minimum atomic E-state index is -0.446. The van der Waals surface area contributed by atoms with E-state index in [2.05, 4.69) is 102 Å². The fourth-order valence-electron chi connectivity index (χ4n) is 2.42. The maximum atomic E-state index is 2.74. The topological polar surface area (TPSA) is 15.8 Å². The molecular formula is C22H19NPRu. The first-order chi connectivity index (χ1) is 11.9. The van der Waals surface area contributed by atoms with Crippen molar-refractivity contribution in [2.75, 3.05) is 0 Å². The SMILES string of the molecule is [Ru+].[c-]1ccc[nH]1.c1ccc(P(c2ccccc2)c2ccccc2)cc1. The molecule has 0 amide bonds. The molecular weight excluding hydrogens is 410 g/mol.